The zero-order valence-corrected chi connectivity index (χ0v) is 13.0. The lowest BCUT2D eigenvalue weighted by Gasteiger charge is -2.28. The Hall–Kier alpha value is -1.59. The van der Waals surface area contributed by atoms with Crippen LogP contribution in [0.5, 0.6) is 5.75 Å². The maximum Gasteiger partial charge on any atom is 0.329 e. The monoisotopic (exact) mass is 295 g/mol. The van der Waals surface area contributed by atoms with Crippen LogP contribution in [0.1, 0.15) is 32.8 Å². The predicted octanol–water partition coefficient (Wildman–Crippen LogP) is 1.88. The topological polar surface area (TPSA) is 67.8 Å². The fraction of sp³-hybridized carbons (Fsp3) is 0.562. The van der Waals surface area contributed by atoms with Crippen LogP contribution >= 0.6 is 0 Å². The van der Waals surface area contributed by atoms with Gasteiger partial charge in [0, 0.05) is 5.56 Å². The Morgan fingerprint density at radius 3 is 2.67 bits per heavy atom. The molecule has 0 heterocycles. The van der Waals surface area contributed by atoms with Crippen molar-refractivity contribution in [2.45, 2.75) is 39.3 Å². The number of nitrogens with one attached hydrogen (secondary N) is 1. The summed E-state index contributed by atoms with van der Waals surface area (Å²) >= 11 is 0. The molecule has 0 aromatic heterocycles. The van der Waals surface area contributed by atoms with E-state index in [0.29, 0.717) is 24.5 Å². The standard InChI is InChI=1S/C16H25NO4/c1-4-10-17-16(3,15(19)20-5-2)12-21-14-9-7-6-8-13(14)11-18/h6-9,17-18H,4-5,10-12H2,1-3H3. The summed E-state index contributed by atoms with van der Waals surface area (Å²) in [5.41, 5.74) is -0.214. The number of para-hydroxylation sites is 1. The summed E-state index contributed by atoms with van der Waals surface area (Å²) in [6, 6.07) is 7.22. The molecule has 1 unspecified atom stereocenters. The van der Waals surface area contributed by atoms with Crippen LogP contribution in [0.4, 0.5) is 0 Å². The van der Waals surface area contributed by atoms with Crippen LogP contribution in [0, 0.1) is 0 Å². The van der Waals surface area contributed by atoms with E-state index in [2.05, 4.69) is 5.32 Å². The molecule has 2 N–H and O–H groups in total. The van der Waals surface area contributed by atoms with E-state index < -0.39 is 5.54 Å². The van der Waals surface area contributed by atoms with Gasteiger partial charge in [-0.15, -0.1) is 0 Å². The molecule has 0 aliphatic heterocycles. The Kier molecular flexibility index (Phi) is 7.19. The third-order valence-electron chi connectivity index (χ3n) is 3.15. The summed E-state index contributed by atoms with van der Waals surface area (Å²) in [6.45, 7) is 6.63. The molecule has 0 amide bonds. The van der Waals surface area contributed by atoms with Crippen molar-refractivity contribution in [3.8, 4) is 5.75 Å². The number of rotatable bonds is 9. The Bertz CT molecular complexity index is 450. The molecule has 0 aliphatic rings. The van der Waals surface area contributed by atoms with Gasteiger partial charge < -0.3 is 14.6 Å². The van der Waals surface area contributed by atoms with E-state index in [4.69, 9.17) is 9.47 Å². The third kappa shape index (κ3) is 5.02. The lowest BCUT2D eigenvalue weighted by atomic mass is 10.0. The second-order valence-corrected chi connectivity index (χ2v) is 5.03. The molecule has 0 saturated carbocycles. The number of aliphatic hydroxyl groups is 1. The molecule has 1 rings (SSSR count). The summed E-state index contributed by atoms with van der Waals surface area (Å²) in [5, 5.41) is 12.5. The zero-order chi connectivity index (χ0) is 15.7. The van der Waals surface area contributed by atoms with E-state index in [9.17, 15) is 9.90 Å². The van der Waals surface area contributed by atoms with Gasteiger partial charge >= 0.3 is 5.97 Å². The highest BCUT2D eigenvalue weighted by Crippen LogP contribution is 2.20. The van der Waals surface area contributed by atoms with E-state index >= 15 is 0 Å². The van der Waals surface area contributed by atoms with Gasteiger partial charge in [-0.05, 0) is 32.9 Å². The molecular weight excluding hydrogens is 270 g/mol. The van der Waals surface area contributed by atoms with Gasteiger partial charge in [0.15, 0.2) is 0 Å². The summed E-state index contributed by atoms with van der Waals surface area (Å²) < 4.78 is 10.9. The van der Waals surface area contributed by atoms with Crippen molar-refractivity contribution in [1.82, 2.24) is 5.32 Å². The molecule has 1 aromatic rings. The summed E-state index contributed by atoms with van der Waals surface area (Å²) in [4.78, 5) is 12.1. The first kappa shape index (κ1) is 17.5. The molecule has 0 spiro atoms. The van der Waals surface area contributed by atoms with Crippen LogP contribution in [0.15, 0.2) is 24.3 Å². The number of esters is 1. The first-order valence-electron chi connectivity index (χ1n) is 7.31. The second kappa shape index (κ2) is 8.64. The molecule has 118 valence electrons. The van der Waals surface area contributed by atoms with Crippen molar-refractivity contribution in [2.24, 2.45) is 0 Å². The minimum absolute atomic E-state index is 0.102. The number of aliphatic hydroxyl groups excluding tert-OH is 1. The van der Waals surface area contributed by atoms with Gasteiger partial charge in [-0.2, -0.15) is 0 Å². The molecule has 1 aromatic carbocycles. The van der Waals surface area contributed by atoms with Crippen molar-refractivity contribution in [2.75, 3.05) is 19.8 Å². The molecule has 21 heavy (non-hydrogen) atoms. The fourth-order valence-electron chi connectivity index (χ4n) is 1.87. The Morgan fingerprint density at radius 2 is 2.05 bits per heavy atom. The minimum Gasteiger partial charge on any atom is -0.491 e. The van der Waals surface area contributed by atoms with Gasteiger partial charge in [-0.25, -0.2) is 4.79 Å². The molecule has 0 radical (unpaired) electrons. The number of carbonyl (C=O) groups excluding carboxylic acids is 1. The molecular formula is C16H25NO4. The molecule has 0 aliphatic carbocycles. The fourth-order valence-corrected chi connectivity index (χ4v) is 1.87. The highest BCUT2D eigenvalue weighted by Gasteiger charge is 2.35. The molecule has 5 nitrogen and oxygen atoms in total. The summed E-state index contributed by atoms with van der Waals surface area (Å²) in [5.74, 6) is 0.244. The van der Waals surface area contributed by atoms with Crippen molar-refractivity contribution >= 4 is 5.97 Å². The smallest absolute Gasteiger partial charge is 0.329 e. The average Bonchev–Trinajstić information content (AvgIpc) is 2.51. The van der Waals surface area contributed by atoms with Crippen LogP contribution < -0.4 is 10.1 Å². The van der Waals surface area contributed by atoms with Gasteiger partial charge in [0.05, 0.1) is 13.2 Å². The summed E-state index contributed by atoms with van der Waals surface area (Å²) in [6.07, 6.45) is 0.905. The van der Waals surface area contributed by atoms with Crippen LogP contribution in [0.25, 0.3) is 0 Å². The van der Waals surface area contributed by atoms with E-state index in [-0.39, 0.29) is 19.2 Å². The zero-order valence-electron chi connectivity index (χ0n) is 13.0. The first-order chi connectivity index (χ1) is 10.1. The Morgan fingerprint density at radius 1 is 1.33 bits per heavy atom. The molecule has 1 atom stereocenters. The highest BCUT2D eigenvalue weighted by molar-refractivity contribution is 5.80. The van der Waals surface area contributed by atoms with Crippen molar-refractivity contribution < 1.29 is 19.4 Å². The quantitative estimate of drug-likeness (QED) is 0.681. The highest BCUT2D eigenvalue weighted by atomic mass is 16.5. The third-order valence-corrected chi connectivity index (χ3v) is 3.15. The molecule has 5 heteroatoms. The molecule has 0 saturated heterocycles. The number of ether oxygens (including phenoxy) is 2. The predicted molar refractivity (Wildman–Crippen MR) is 81.2 cm³/mol. The van der Waals surface area contributed by atoms with Crippen LogP contribution in [-0.4, -0.2) is 36.4 Å². The molecule has 0 fully saturated rings. The second-order valence-electron chi connectivity index (χ2n) is 5.03. The van der Waals surface area contributed by atoms with Crippen molar-refractivity contribution in [3.05, 3.63) is 29.8 Å². The largest absolute Gasteiger partial charge is 0.491 e. The lowest BCUT2D eigenvalue weighted by Crippen LogP contribution is -2.55. The van der Waals surface area contributed by atoms with Gasteiger partial charge in [-0.1, -0.05) is 25.1 Å². The van der Waals surface area contributed by atoms with Crippen LogP contribution in [0.3, 0.4) is 0 Å². The summed E-state index contributed by atoms with van der Waals surface area (Å²) in [7, 11) is 0. The van der Waals surface area contributed by atoms with Gasteiger partial charge in [-0.3, -0.25) is 5.32 Å². The van der Waals surface area contributed by atoms with E-state index in [1.54, 1.807) is 26.0 Å². The van der Waals surface area contributed by atoms with Crippen molar-refractivity contribution in [3.63, 3.8) is 0 Å². The Balaban J connectivity index is 2.79. The first-order valence-corrected chi connectivity index (χ1v) is 7.31. The van der Waals surface area contributed by atoms with Crippen LogP contribution in [0.2, 0.25) is 0 Å². The van der Waals surface area contributed by atoms with Gasteiger partial charge in [0.25, 0.3) is 0 Å². The van der Waals surface area contributed by atoms with Gasteiger partial charge in [0.2, 0.25) is 0 Å². The number of carbonyl (C=O) groups is 1. The number of hydrogen-bond acceptors (Lipinski definition) is 5. The Labute approximate surface area is 126 Å². The maximum absolute atomic E-state index is 12.1. The van der Waals surface area contributed by atoms with E-state index in [1.165, 1.54) is 0 Å². The average molecular weight is 295 g/mol. The van der Waals surface area contributed by atoms with Crippen LogP contribution in [-0.2, 0) is 16.1 Å². The van der Waals surface area contributed by atoms with Gasteiger partial charge in [0.1, 0.15) is 17.9 Å². The van der Waals surface area contributed by atoms with E-state index in [1.807, 2.05) is 19.1 Å². The number of benzene rings is 1. The lowest BCUT2D eigenvalue weighted by molar-refractivity contribution is -0.151. The normalized spacial score (nSPS) is 13.5. The van der Waals surface area contributed by atoms with E-state index in [0.717, 1.165) is 6.42 Å². The number of hydrogen-bond donors (Lipinski definition) is 2. The van der Waals surface area contributed by atoms with Crippen molar-refractivity contribution in [1.29, 1.82) is 0 Å². The molecule has 0 bridgehead atoms. The minimum atomic E-state index is -0.908. The SMILES string of the molecule is CCCNC(C)(COc1ccccc1CO)C(=O)OCC. The maximum atomic E-state index is 12.1.